The van der Waals surface area contributed by atoms with E-state index in [-0.39, 0.29) is 17.7 Å². The van der Waals surface area contributed by atoms with Crippen LogP contribution < -0.4 is 11.1 Å². The Morgan fingerprint density at radius 1 is 1.08 bits per heavy atom. The van der Waals surface area contributed by atoms with E-state index in [4.69, 9.17) is 15.6 Å². The van der Waals surface area contributed by atoms with Gasteiger partial charge in [0.15, 0.2) is 12.1 Å². The number of aromatic nitrogens is 1. The van der Waals surface area contributed by atoms with Crippen molar-refractivity contribution in [2.75, 3.05) is 0 Å². The second kappa shape index (κ2) is 15.4. The molecule has 0 saturated carbocycles. The first-order valence-electron chi connectivity index (χ1n) is 11.8. The summed E-state index contributed by atoms with van der Waals surface area (Å²) in [6, 6.07) is 1.99. The fraction of sp³-hybridized carbons (Fsp3) is 0.214. The highest BCUT2D eigenvalue weighted by molar-refractivity contribution is 5.97. The lowest BCUT2D eigenvalue weighted by atomic mass is 10.1. The number of primary amides is 1. The molecule has 1 aromatic heterocycles. The van der Waals surface area contributed by atoms with Gasteiger partial charge >= 0.3 is 5.97 Å². The number of aliphatic hydroxyl groups is 1. The van der Waals surface area contributed by atoms with E-state index >= 15 is 0 Å². The maximum absolute atomic E-state index is 12.1. The number of carboxylic acids is 1. The summed E-state index contributed by atoms with van der Waals surface area (Å²) in [6.45, 7) is 3.43. The maximum atomic E-state index is 12.1. The summed E-state index contributed by atoms with van der Waals surface area (Å²) in [5.41, 5.74) is 6.05. The van der Waals surface area contributed by atoms with Crippen molar-refractivity contribution < 1.29 is 29.3 Å². The molecule has 0 bridgehead atoms. The third-order valence-electron chi connectivity index (χ3n) is 5.15. The van der Waals surface area contributed by atoms with E-state index in [2.05, 4.69) is 15.3 Å². The number of ether oxygens (including phenoxy) is 1. The molecule has 200 valence electrons. The standard InChI is InChI=1S/C28H32N4O6/c1-19(27(35)32-24(28(36)37)25(33)26(29)34)13-10-8-6-4-3-5-7-9-11-15-22-20(2)38-23(31-22)17-16-21-14-12-18-30-21/h3-18,20,22,24-25,30,33H,1-2H3,(H2,29,34)(H,32,35)(H,36,37)/b5-3-,6-4+,9-7+,10-8+,15-11+,17-16+,19-13+/t20-,22-,24-,25-/m1/s1. The molecule has 0 unspecified atom stereocenters. The molecule has 1 aromatic rings. The van der Waals surface area contributed by atoms with Gasteiger partial charge in [-0.3, -0.25) is 9.59 Å². The zero-order valence-electron chi connectivity index (χ0n) is 21.1. The summed E-state index contributed by atoms with van der Waals surface area (Å²) in [6.07, 6.45) is 23.1. The molecular formula is C28H32N4O6. The number of carbonyl (C=O) groups is 3. The number of allylic oxidation sites excluding steroid dienone is 10. The third kappa shape index (κ3) is 10.1. The Hall–Kier alpha value is -4.70. The highest BCUT2D eigenvalue weighted by atomic mass is 16.5. The number of aliphatic hydroxyl groups excluding tert-OH is 1. The normalized spacial score (nSPS) is 20.2. The van der Waals surface area contributed by atoms with Crippen molar-refractivity contribution in [1.82, 2.24) is 10.3 Å². The SMILES string of the molecule is C\C(=C/C=C/C=C/C=C\C=C\C=C\[C@H]1N=C(/C=C/c2ccc[nH]2)O[C@@H]1C)C(=O)N[C@@H](C(=O)O)[C@@H](O)C(N)=O. The molecule has 2 heterocycles. The van der Waals surface area contributed by atoms with Crippen molar-refractivity contribution in [3.05, 3.63) is 103 Å². The molecule has 10 heteroatoms. The van der Waals surface area contributed by atoms with Gasteiger partial charge in [0.1, 0.15) is 12.1 Å². The van der Waals surface area contributed by atoms with Crippen LogP contribution in [0.2, 0.25) is 0 Å². The van der Waals surface area contributed by atoms with Crippen LogP contribution in [0.3, 0.4) is 0 Å². The molecule has 0 aromatic carbocycles. The number of aromatic amines is 1. The van der Waals surface area contributed by atoms with Crippen LogP contribution in [-0.2, 0) is 19.1 Å². The molecular weight excluding hydrogens is 488 g/mol. The van der Waals surface area contributed by atoms with Crippen LogP contribution in [0.15, 0.2) is 102 Å². The molecule has 2 amide bonds. The Morgan fingerprint density at radius 3 is 2.29 bits per heavy atom. The van der Waals surface area contributed by atoms with Crippen molar-refractivity contribution in [3.8, 4) is 0 Å². The second-order valence-electron chi connectivity index (χ2n) is 8.15. The van der Waals surface area contributed by atoms with Crippen LogP contribution in [0.4, 0.5) is 0 Å². The Labute approximate surface area is 221 Å². The molecule has 6 N–H and O–H groups in total. The van der Waals surface area contributed by atoms with Crippen molar-refractivity contribution in [3.63, 3.8) is 0 Å². The zero-order valence-corrected chi connectivity index (χ0v) is 21.1. The van der Waals surface area contributed by atoms with Gasteiger partial charge < -0.3 is 31.0 Å². The summed E-state index contributed by atoms with van der Waals surface area (Å²) in [7, 11) is 0. The Bertz CT molecular complexity index is 1200. The Balaban J connectivity index is 1.76. The number of nitrogens with two attached hydrogens (primary N) is 1. The first-order chi connectivity index (χ1) is 18.2. The average Bonchev–Trinajstić information content (AvgIpc) is 3.52. The average molecular weight is 521 g/mol. The lowest BCUT2D eigenvalue weighted by Crippen LogP contribution is -2.53. The number of nitrogens with zero attached hydrogens (tertiary/aromatic N) is 1. The highest BCUT2D eigenvalue weighted by Crippen LogP contribution is 2.16. The van der Waals surface area contributed by atoms with Crippen molar-refractivity contribution >= 4 is 29.8 Å². The maximum Gasteiger partial charge on any atom is 0.329 e. The van der Waals surface area contributed by atoms with Crippen LogP contribution in [0, 0.1) is 0 Å². The number of H-pyrrole nitrogens is 1. The quantitative estimate of drug-likeness (QED) is 0.198. The second-order valence-corrected chi connectivity index (χ2v) is 8.15. The number of carboxylic acid groups (broad SMARTS) is 1. The van der Waals surface area contributed by atoms with Gasteiger partial charge in [-0.2, -0.15) is 0 Å². The highest BCUT2D eigenvalue weighted by Gasteiger charge is 2.32. The van der Waals surface area contributed by atoms with Crippen LogP contribution in [-0.4, -0.2) is 63.2 Å². The molecule has 10 nitrogen and oxygen atoms in total. The summed E-state index contributed by atoms with van der Waals surface area (Å²) >= 11 is 0. The molecule has 0 aliphatic carbocycles. The number of hydrogen-bond donors (Lipinski definition) is 5. The molecule has 1 aliphatic heterocycles. The van der Waals surface area contributed by atoms with Gasteiger partial charge in [0, 0.05) is 23.5 Å². The number of hydrogen-bond acceptors (Lipinski definition) is 6. The monoisotopic (exact) mass is 520 g/mol. The Morgan fingerprint density at radius 2 is 1.71 bits per heavy atom. The minimum atomic E-state index is -2.04. The van der Waals surface area contributed by atoms with E-state index in [9.17, 15) is 19.5 Å². The predicted octanol–water partition coefficient (Wildman–Crippen LogP) is 2.36. The molecule has 2 rings (SSSR count). The van der Waals surface area contributed by atoms with Crippen molar-refractivity contribution in [2.24, 2.45) is 10.7 Å². The van der Waals surface area contributed by atoms with E-state index in [1.807, 2.05) is 73.9 Å². The van der Waals surface area contributed by atoms with E-state index in [0.717, 1.165) is 5.69 Å². The smallest absolute Gasteiger partial charge is 0.329 e. The lowest BCUT2D eigenvalue weighted by Gasteiger charge is -2.17. The van der Waals surface area contributed by atoms with Crippen molar-refractivity contribution in [2.45, 2.75) is 38.1 Å². The van der Waals surface area contributed by atoms with Crippen LogP contribution in [0.1, 0.15) is 19.5 Å². The van der Waals surface area contributed by atoms with Crippen molar-refractivity contribution in [1.29, 1.82) is 0 Å². The summed E-state index contributed by atoms with van der Waals surface area (Å²) < 4.78 is 5.75. The van der Waals surface area contributed by atoms with Gasteiger partial charge in [0.05, 0.1) is 0 Å². The number of aliphatic imine (C=N–C) groups is 1. The molecule has 0 spiro atoms. The molecule has 4 atom stereocenters. The van der Waals surface area contributed by atoms with E-state index in [0.29, 0.717) is 5.90 Å². The zero-order chi connectivity index (χ0) is 27.9. The van der Waals surface area contributed by atoms with Crippen LogP contribution in [0.5, 0.6) is 0 Å². The summed E-state index contributed by atoms with van der Waals surface area (Å²) in [4.78, 5) is 41.8. The predicted molar refractivity (Wildman–Crippen MR) is 146 cm³/mol. The molecule has 0 fully saturated rings. The van der Waals surface area contributed by atoms with E-state index in [1.54, 1.807) is 24.3 Å². The molecule has 0 saturated heterocycles. The minimum Gasteiger partial charge on any atom is -0.480 e. The van der Waals surface area contributed by atoms with Gasteiger partial charge in [-0.1, -0.05) is 66.8 Å². The largest absolute Gasteiger partial charge is 0.480 e. The van der Waals surface area contributed by atoms with Crippen LogP contribution in [0.25, 0.3) is 6.08 Å². The number of rotatable bonds is 13. The van der Waals surface area contributed by atoms with Gasteiger partial charge in [-0.15, -0.1) is 0 Å². The third-order valence-corrected chi connectivity index (χ3v) is 5.15. The number of amides is 2. The Kier molecular flexibility index (Phi) is 12.0. The van der Waals surface area contributed by atoms with Gasteiger partial charge in [0.25, 0.3) is 0 Å². The summed E-state index contributed by atoms with van der Waals surface area (Å²) in [5, 5.41) is 20.6. The van der Waals surface area contributed by atoms with Gasteiger partial charge in [-0.05, 0) is 32.1 Å². The fourth-order valence-electron chi connectivity index (χ4n) is 3.03. The number of carbonyl (C=O) groups excluding carboxylic acids is 2. The molecule has 38 heavy (non-hydrogen) atoms. The molecule has 0 radical (unpaired) electrons. The molecule has 1 aliphatic rings. The first-order valence-corrected chi connectivity index (χ1v) is 11.8. The summed E-state index contributed by atoms with van der Waals surface area (Å²) in [5.74, 6) is -2.98. The number of nitrogens with one attached hydrogen (secondary N) is 2. The lowest BCUT2D eigenvalue weighted by molar-refractivity contribution is -0.148. The number of aliphatic carboxylic acids is 1. The van der Waals surface area contributed by atoms with Gasteiger partial charge in [0.2, 0.25) is 17.7 Å². The van der Waals surface area contributed by atoms with E-state index in [1.165, 1.54) is 13.0 Å². The van der Waals surface area contributed by atoms with Gasteiger partial charge in [-0.25, -0.2) is 9.79 Å². The fourth-order valence-corrected chi connectivity index (χ4v) is 3.03. The van der Waals surface area contributed by atoms with Crippen LogP contribution >= 0.6 is 0 Å². The topological polar surface area (TPSA) is 167 Å². The van der Waals surface area contributed by atoms with E-state index < -0.39 is 29.9 Å². The minimum absolute atomic E-state index is 0.0442. The first kappa shape index (κ1) is 29.5.